The first-order valence-corrected chi connectivity index (χ1v) is 11.8. The summed E-state index contributed by atoms with van der Waals surface area (Å²) in [5, 5.41) is 13.6. The van der Waals surface area contributed by atoms with Gasteiger partial charge in [-0.05, 0) is 70.1 Å². The van der Waals surface area contributed by atoms with Crippen LogP contribution in [-0.4, -0.2) is 45.0 Å². The van der Waals surface area contributed by atoms with Crippen LogP contribution in [0.15, 0.2) is 42.5 Å². The summed E-state index contributed by atoms with van der Waals surface area (Å²) < 4.78 is 7.73. The van der Waals surface area contributed by atoms with E-state index in [0.29, 0.717) is 11.4 Å². The van der Waals surface area contributed by atoms with E-state index in [1.165, 1.54) is 49.9 Å². The van der Waals surface area contributed by atoms with Gasteiger partial charge in [0.15, 0.2) is 6.61 Å². The number of nitrogens with zero attached hydrogens (tertiary/aromatic N) is 4. The van der Waals surface area contributed by atoms with Crippen LogP contribution in [0.2, 0.25) is 0 Å². The van der Waals surface area contributed by atoms with Crippen LogP contribution >= 0.6 is 0 Å². The molecule has 0 unspecified atom stereocenters. The summed E-state index contributed by atoms with van der Waals surface area (Å²) in [5.41, 5.74) is 2.54. The van der Waals surface area contributed by atoms with Crippen molar-refractivity contribution in [2.75, 3.05) is 25.0 Å². The molecule has 0 radical (unpaired) electrons. The summed E-state index contributed by atoms with van der Waals surface area (Å²) in [6.45, 7) is 7.18. The molecule has 9 nitrogen and oxygen atoms in total. The van der Waals surface area contributed by atoms with E-state index in [2.05, 4.69) is 28.6 Å². The third kappa shape index (κ3) is 5.72. The maximum Gasteiger partial charge on any atom is 0.269 e. The lowest BCUT2D eigenvalue weighted by molar-refractivity contribution is -0.384. The standard InChI is InChI=1S/C25H31N5O4/c1-18(2)29-23-12-7-19(15-22(23)27-24(29)16-28-13-5-3-4-6-14-28)26-25(31)17-34-21-10-8-20(9-11-21)30(32)33/h7-12,15,18H,3-6,13-14,16-17H2,1-2H3,(H,26,31). The molecule has 0 atom stereocenters. The number of anilines is 1. The zero-order valence-electron chi connectivity index (χ0n) is 19.7. The molecule has 1 N–H and O–H groups in total. The highest BCUT2D eigenvalue weighted by molar-refractivity contribution is 5.94. The summed E-state index contributed by atoms with van der Waals surface area (Å²) in [7, 11) is 0. The number of carbonyl (C=O) groups excluding carboxylic acids is 1. The van der Waals surface area contributed by atoms with Crippen molar-refractivity contribution in [3.05, 3.63) is 58.4 Å². The molecule has 1 amide bonds. The Labute approximate surface area is 198 Å². The first-order chi connectivity index (χ1) is 16.4. The van der Waals surface area contributed by atoms with E-state index >= 15 is 0 Å². The van der Waals surface area contributed by atoms with Gasteiger partial charge in [0.05, 0.1) is 22.5 Å². The molecule has 0 bridgehead atoms. The summed E-state index contributed by atoms with van der Waals surface area (Å²) in [6, 6.07) is 11.7. The Balaban J connectivity index is 1.43. The second-order valence-corrected chi connectivity index (χ2v) is 8.97. The average Bonchev–Trinajstić information content (AvgIpc) is 2.96. The maximum atomic E-state index is 12.4. The Hall–Kier alpha value is -3.46. The van der Waals surface area contributed by atoms with Crippen molar-refractivity contribution >= 4 is 28.3 Å². The summed E-state index contributed by atoms with van der Waals surface area (Å²) in [5.74, 6) is 1.13. The minimum atomic E-state index is -0.480. The predicted octanol–water partition coefficient (Wildman–Crippen LogP) is 4.92. The van der Waals surface area contributed by atoms with Crippen molar-refractivity contribution < 1.29 is 14.5 Å². The van der Waals surface area contributed by atoms with Crippen LogP contribution in [0.3, 0.4) is 0 Å². The topological polar surface area (TPSA) is 103 Å². The third-order valence-electron chi connectivity index (χ3n) is 6.04. The Bertz CT molecular complexity index is 1150. The van der Waals surface area contributed by atoms with Crippen LogP contribution in [0, 0.1) is 10.1 Å². The molecule has 2 heterocycles. The Morgan fingerprint density at radius 2 is 1.82 bits per heavy atom. The minimum Gasteiger partial charge on any atom is -0.484 e. The summed E-state index contributed by atoms with van der Waals surface area (Å²) >= 11 is 0. The van der Waals surface area contributed by atoms with Crippen LogP contribution in [-0.2, 0) is 11.3 Å². The molecular formula is C25H31N5O4. The van der Waals surface area contributed by atoms with Gasteiger partial charge in [-0.1, -0.05) is 12.8 Å². The smallest absolute Gasteiger partial charge is 0.269 e. The highest BCUT2D eigenvalue weighted by atomic mass is 16.6. The molecule has 1 fully saturated rings. The van der Waals surface area contributed by atoms with Crippen LogP contribution in [0.1, 0.15) is 51.4 Å². The maximum absolute atomic E-state index is 12.4. The van der Waals surface area contributed by atoms with E-state index in [4.69, 9.17) is 9.72 Å². The largest absolute Gasteiger partial charge is 0.484 e. The summed E-state index contributed by atoms with van der Waals surface area (Å²) in [4.78, 5) is 30.1. The number of nitro groups is 1. The van der Waals surface area contributed by atoms with Gasteiger partial charge < -0.3 is 14.6 Å². The van der Waals surface area contributed by atoms with Crippen LogP contribution in [0.25, 0.3) is 11.0 Å². The monoisotopic (exact) mass is 465 g/mol. The van der Waals surface area contributed by atoms with E-state index in [1.54, 1.807) is 0 Å². The fraction of sp³-hybridized carbons (Fsp3) is 0.440. The van der Waals surface area contributed by atoms with Crippen molar-refractivity contribution in [2.45, 2.75) is 52.1 Å². The number of imidazole rings is 1. The normalized spacial score (nSPS) is 14.8. The zero-order valence-corrected chi connectivity index (χ0v) is 19.7. The lowest BCUT2D eigenvalue weighted by Gasteiger charge is -2.21. The average molecular weight is 466 g/mol. The van der Waals surface area contributed by atoms with Gasteiger partial charge in [0, 0.05) is 23.9 Å². The lowest BCUT2D eigenvalue weighted by Crippen LogP contribution is -2.26. The van der Waals surface area contributed by atoms with E-state index in [9.17, 15) is 14.9 Å². The van der Waals surface area contributed by atoms with Gasteiger partial charge in [-0.15, -0.1) is 0 Å². The van der Waals surface area contributed by atoms with E-state index in [1.807, 2.05) is 18.2 Å². The first kappa shape index (κ1) is 23.7. The highest BCUT2D eigenvalue weighted by Gasteiger charge is 2.18. The number of likely N-dealkylation sites (tertiary alicyclic amines) is 1. The second-order valence-electron chi connectivity index (χ2n) is 8.97. The molecule has 0 saturated carbocycles. The van der Waals surface area contributed by atoms with Crippen molar-refractivity contribution in [3.63, 3.8) is 0 Å². The number of nitro benzene ring substituents is 1. The Morgan fingerprint density at radius 1 is 1.12 bits per heavy atom. The van der Waals surface area contributed by atoms with Crippen molar-refractivity contribution in [2.24, 2.45) is 0 Å². The van der Waals surface area contributed by atoms with Crippen molar-refractivity contribution in [3.8, 4) is 5.75 Å². The molecule has 180 valence electrons. The molecule has 1 saturated heterocycles. The number of hydrogen-bond acceptors (Lipinski definition) is 6. The number of fused-ring (bicyclic) bond motifs is 1. The molecule has 9 heteroatoms. The number of rotatable bonds is 8. The molecule has 3 aromatic rings. The number of non-ortho nitro benzene ring substituents is 1. The number of hydrogen-bond donors (Lipinski definition) is 1. The SMILES string of the molecule is CC(C)n1c(CN2CCCCCC2)nc2cc(NC(=O)COc3ccc([N+](=O)[O-])cc3)ccc21. The predicted molar refractivity (Wildman–Crippen MR) is 131 cm³/mol. The van der Waals surface area contributed by atoms with Gasteiger partial charge in [-0.25, -0.2) is 4.98 Å². The number of ether oxygens (including phenoxy) is 1. The van der Waals surface area contributed by atoms with Crippen LogP contribution in [0.4, 0.5) is 11.4 Å². The van der Waals surface area contributed by atoms with E-state index < -0.39 is 4.92 Å². The van der Waals surface area contributed by atoms with Crippen molar-refractivity contribution in [1.29, 1.82) is 0 Å². The van der Waals surface area contributed by atoms with E-state index in [-0.39, 0.29) is 24.2 Å². The molecule has 4 rings (SSSR count). The minimum absolute atomic E-state index is 0.0267. The molecular weight excluding hydrogens is 434 g/mol. The summed E-state index contributed by atoms with van der Waals surface area (Å²) in [6.07, 6.45) is 5.07. The molecule has 1 aromatic heterocycles. The number of nitrogens with one attached hydrogen (secondary N) is 1. The number of carbonyl (C=O) groups is 1. The fourth-order valence-electron chi connectivity index (χ4n) is 4.42. The van der Waals surface area contributed by atoms with Gasteiger partial charge >= 0.3 is 0 Å². The molecule has 2 aromatic carbocycles. The molecule has 34 heavy (non-hydrogen) atoms. The van der Waals surface area contributed by atoms with Gasteiger partial charge in [-0.3, -0.25) is 19.8 Å². The quantitative estimate of drug-likeness (QED) is 0.374. The fourth-order valence-corrected chi connectivity index (χ4v) is 4.42. The van der Waals surface area contributed by atoms with Gasteiger partial charge in [0.25, 0.3) is 11.6 Å². The molecule has 0 spiro atoms. The highest BCUT2D eigenvalue weighted by Crippen LogP contribution is 2.26. The number of aromatic nitrogens is 2. The van der Waals surface area contributed by atoms with Crippen LogP contribution < -0.4 is 10.1 Å². The Morgan fingerprint density at radius 3 is 2.47 bits per heavy atom. The van der Waals surface area contributed by atoms with Gasteiger partial charge in [-0.2, -0.15) is 0 Å². The Kier molecular flexibility index (Phi) is 7.42. The number of benzene rings is 2. The zero-order chi connectivity index (χ0) is 24.1. The van der Waals surface area contributed by atoms with Gasteiger partial charge in [0.1, 0.15) is 11.6 Å². The molecule has 1 aliphatic heterocycles. The van der Waals surface area contributed by atoms with Gasteiger partial charge in [0.2, 0.25) is 0 Å². The van der Waals surface area contributed by atoms with Crippen LogP contribution in [0.5, 0.6) is 5.75 Å². The first-order valence-electron chi connectivity index (χ1n) is 11.8. The molecule has 0 aliphatic carbocycles. The molecule has 1 aliphatic rings. The third-order valence-corrected chi connectivity index (χ3v) is 6.04. The lowest BCUT2D eigenvalue weighted by atomic mass is 10.2. The number of amides is 1. The second kappa shape index (κ2) is 10.6. The van der Waals surface area contributed by atoms with Crippen molar-refractivity contribution in [1.82, 2.24) is 14.5 Å². The van der Waals surface area contributed by atoms with E-state index in [0.717, 1.165) is 36.5 Å².